The summed E-state index contributed by atoms with van der Waals surface area (Å²) in [6.45, 7) is 2.49. The van der Waals surface area contributed by atoms with Crippen molar-refractivity contribution in [2.24, 2.45) is 0 Å². The second-order valence-corrected chi connectivity index (χ2v) is 6.65. The first-order chi connectivity index (χ1) is 10.8. The number of nitrogen functional groups attached to an aromatic ring is 1. The van der Waals surface area contributed by atoms with E-state index in [0.717, 1.165) is 25.3 Å². The molecule has 0 aromatic heterocycles. The Morgan fingerprint density at radius 1 is 1.22 bits per heavy atom. The molecular formula is C15H24N2O5S. The van der Waals surface area contributed by atoms with E-state index in [4.69, 9.17) is 15.0 Å². The fourth-order valence-electron chi connectivity index (χ4n) is 2.06. The molecule has 0 aliphatic carbocycles. The van der Waals surface area contributed by atoms with Crippen LogP contribution in [0.15, 0.2) is 23.1 Å². The molecule has 0 saturated carbocycles. The molecule has 1 amide bonds. The molecule has 8 heteroatoms. The molecule has 23 heavy (non-hydrogen) atoms. The van der Waals surface area contributed by atoms with Gasteiger partial charge in [-0.1, -0.05) is 39.0 Å². The third-order valence-electron chi connectivity index (χ3n) is 3.27. The zero-order valence-corrected chi connectivity index (χ0v) is 14.1. The van der Waals surface area contributed by atoms with Gasteiger partial charge in [0.05, 0.1) is 12.3 Å². The molecule has 0 aliphatic rings. The summed E-state index contributed by atoms with van der Waals surface area (Å²) in [6.07, 6.45) is 5.94. The van der Waals surface area contributed by atoms with Crippen molar-refractivity contribution in [3.8, 4) is 0 Å². The Morgan fingerprint density at radius 2 is 1.87 bits per heavy atom. The van der Waals surface area contributed by atoms with Crippen molar-refractivity contribution in [1.29, 1.82) is 0 Å². The lowest BCUT2D eigenvalue weighted by Crippen LogP contribution is -2.15. The van der Waals surface area contributed by atoms with E-state index in [-0.39, 0.29) is 5.69 Å². The molecule has 0 atom stereocenters. The SMILES string of the molecule is CCCCCCCCOC(=O)Nc1ccc(S(=O)(=O)O)c(N)c1. The van der Waals surface area contributed by atoms with Crippen molar-refractivity contribution in [3.63, 3.8) is 0 Å². The normalized spacial score (nSPS) is 11.2. The first-order valence-corrected chi connectivity index (χ1v) is 9.09. The van der Waals surface area contributed by atoms with E-state index in [1.807, 2.05) is 0 Å². The summed E-state index contributed by atoms with van der Waals surface area (Å²) in [5.74, 6) is 0. The maximum atomic E-state index is 11.6. The third kappa shape index (κ3) is 7.34. The minimum absolute atomic E-state index is 0.152. The fraction of sp³-hybridized carbons (Fsp3) is 0.533. The van der Waals surface area contributed by atoms with Gasteiger partial charge in [0, 0.05) is 5.69 Å². The van der Waals surface area contributed by atoms with Crippen molar-refractivity contribution in [1.82, 2.24) is 0 Å². The van der Waals surface area contributed by atoms with Crippen molar-refractivity contribution in [3.05, 3.63) is 18.2 Å². The van der Waals surface area contributed by atoms with Crippen LogP contribution < -0.4 is 11.1 Å². The standard InChI is InChI=1S/C15H24N2O5S/c1-2-3-4-5-6-7-10-22-15(18)17-12-8-9-14(13(16)11-12)23(19,20)21/h8-9,11H,2-7,10,16H2,1H3,(H,17,18)(H,19,20,21). The Labute approximate surface area is 137 Å². The Bertz CT molecular complexity index is 616. The Balaban J connectivity index is 2.36. The Kier molecular flexibility index (Phi) is 7.84. The number of hydrogen-bond acceptors (Lipinski definition) is 5. The van der Waals surface area contributed by atoms with Crippen LogP contribution >= 0.6 is 0 Å². The van der Waals surface area contributed by atoms with E-state index in [0.29, 0.717) is 12.3 Å². The van der Waals surface area contributed by atoms with Gasteiger partial charge in [0.25, 0.3) is 10.1 Å². The average Bonchev–Trinajstić information content (AvgIpc) is 2.45. The first-order valence-electron chi connectivity index (χ1n) is 7.65. The van der Waals surface area contributed by atoms with Gasteiger partial charge in [-0.25, -0.2) is 4.79 Å². The van der Waals surface area contributed by atoms with Crippen molar-refractivity contribution in [2.75, 3.05) is 17.7 Å². The van der Waals surface area contributed by atoms with Crippen LogP contribution in [0.1, 0.15) is 45.4 Å². The predicted octanol–water partition coefficient (Wildman–Crippen LogP) is 3.42. The van der Waals surface area contributed by atoms with Gasteiger partial charge in [-0.05, 0) is 24.6 Å². The molecule has 130 valence electrons. The topological polar surface area (TPSA) is 119 Å². The molecule has 4 N–H and O–H groups in total. The minimum atomic E-state index is -4.38. The maximum Gasteiger partial charge on any atom is 0.411 e. The van der Waals surface area contributed by atoms with E-state index >= 15 is 0 Å². The third-order valence-corrected chi connectivity index (χ3v) is 4.19. The molecule has 1 rings (SSSR count). The molecule has 1 aromatic rings. The van der Waals surface area contributed by atoms with Gasteiger partial charge in [-0.2, -0.15) is 8.42 Å². The molecule has 0 heterocycles. The van der Waals surface area contributed by atoms with E-state index in [1.54, 1.807) is 0 Å². The quantitative estimate of drug-likeness (QED) is 0.359. The molecule has 1 aromatic carbocycles. The van der Waals surface area contributed by atoms with Gasteiger partial charge in [0.2, 0.25) is 0 Å². The molecular weight excluding hydrogens is 320 g/mol. The number of carbonyl (C=O) groups excluding carboxylic acids is 1. The Morgan fingerprint density at radius 3 is 2.48 bits per heavy atom. The van der Waals surface area contributed by atoms with Crippen LogP contribution in [-0.4, -0.2) is 25.7 Å². The van der Waals surface area contributed by atoms with Crippen LogP contribution in [0.5, 0.6) is 0 Å². The second kappa shape index (κ2) is 9.36. The van der Waals surface area contributed by atoms with Crippen LogP contribution in [0, 0.1) is 0 Å². The summed E-state index contributed by atoms with van der Waals surface area (Å²) in [6, 6.07) is 3.69. The summed E-state index contributed by atoms with van der Waals surface area (Å²) in [5.41, 5.74) is 5.67. The number of nitrogens with one attached hydrogen (secondary N) is 1. The van der Waals surface area contributed by atoms with Crippen molar-refractivity contribution in [2.45, 2.75) is 50.3 Å². The number of rotatable bonds is 9. The van der Waals surface area contributed by atoms with Crippen LogP contribution in [0.25, 0.3) is 0 Å². The zero-order chi connectivity index (χ0) is 17.3. The summed E-state index contributed by atoms with van der Waals surface area (Å²) >= 11 is 0. The van der Waals surface area contributed by atoms with Crippen molar-refractivity contribution < 1.29 is 22.5 Å². The van der Waals surface area contributed by atoms with E-state index < -0.39 is 21.1 Å². The van der Waals surface area contributed by atoms with Gasteiger partial charge in [0.15, 0.2) is 0 Å². The molecule has 0 radical (unpaired) electrons. The second-order valence-electron chi connectivity index (χ2n) is 5.26. The molecule has 7 nitrogen and oxygen atoms in total. The monoisotopic (exact) mass is 344 g/mol. The largest absolute Gasteiger partial charge is 0.449 e. The highest BCUT2D eigenvalue weighted by molar-refractivity contribution is 7.86. The smallest absolute Gasteiger partial charge is 0.411 e. The molecule has 0 saturated heterocycles. The Hall–Kier alpha value is -1.80. The number of hydrogen-bond donors (Lipinski definition) is 3. The number of carbonyl (C=O) groups is 1. The van der Waals surface area contributed by atoms with Crippen molar-refractivity contribution >= 4 is 27.6 Å². The highest BCUT2D eigenvalue weighted by Crippen LogP contribution is 2.22. The molecule has 0 bridgehead atoms. The van der Waals surface area contributed by atoms with E-state index in [1.165, 1.54) is 31.4 Å². The lowest BCUT2D eigenvalue weighted by molar-refractivity contribution is 0.159. The summed E-state index contributed by atoms with van der Waals surface area (Å²) in [5, 5.41) is 2.46. The van der Waals surface area contributed by atoms with Crippen LogP contribution in [0.4, 0.5) is 16.2 Å². The highest BCUT2D eigenvalue weighted by Gasteiger charge is 2.14. The number of nitrogens with two attached hydrogens (primary N) is 1. The summed E-state index contributed by atoms with van der Waals surface area (Å²) in [7, 11) is -4.38. The van der Waals surface area contributed by atoms with Gasteiger partial charge < -0.3 is 10.5 Å². The molecule has 0 fully saturated rings. The number of anilines is 2. The number of benzene rings is 1. The van der Waals surface area contributed by atoms with Gasteiger partial charge in [-0.15, -0.1) is 0 Å². The lowest BCUT2D eigenvalue weighted by atomic mass is 10.1. The van der Waals surface area contributed by atoms with Gasteiger partial charge in [-0.3, -0.25) is 9.87 Å². The first kappa shape index (κ1) is 19.2. The maximum absolute atomic E-state index is 11.6. The highest BCUT2D eigenvalue weighted by atomic mass is 32.2. The fourth-order valence-corrected chi connectivity index (χ4v) is 2.66. The van der Waals surface area contributed by atoms with Crippen LogP contribution in [0.3, 0.4) is 0 Å². The number of ether oxygens (including phenoxy) is 1. The van der Waals surface area contributed by atoms with Crippen LogP contribution in [-0.2, 0) is 14.9 Å². The van der Waals surface area contributed by atoms with E-state index in [9.17, 15) is 13.2 Å². The number of amides is 1. The average molecular weight is 344 g/mol. The lowest BCUT2D eigenvalue weighted by Gasteiger charge is -2.09. The predicted molar refractivity (Wildman–Crippen MR) is 89.0 cm³/mol. The molecule has 0 unspecified atom stereocenters. The summed E-state index contributed by atoms with van der Waals surface area (Å²) < 4.78 is 36.0. The molecule has 0 spiro atoms. The van der Waals surface area contributed by atoms with Gasteiger partial charge >= 0.3 is 6.09 Å². The van der Waals surface area contributed by atoms with Crippen LogP contribution in [0.2, 0.25) is 0 Å². The van der Waals surface area contributed by atoms with E-state index in [2.05, 4.69) is 12.2 Å². The zero-order valence-electron chi connectivity index (χ0n) is 13.2. The number of unbranched alkanes of at least 4 members (excludes halogenated alkanes) is 5. The minimum Gasteiger partial charge on any atom is -0.449 e. The van der Waals surface area contributed by atoms with Gasteiger partial charge in [0.1, 0.15) is 4.90 Å². The summed E-state index contributed by atoms with van der Waals surface area (Å²) in [4.78, 5) is 11.2. The molecule has 0 aliphatic heterocycles.